The van der Waals surface area contributed by atoms with Gasteiger partial charge in [-0.15, -0.1) is 11.3 Å². The molecule has 1 aliphatic heterocycles. The lowest BCUT2D eigenvalue weighted by molar-refractivity contribution is -0.128. The van der Waals surface area contributed by atoms with Crippen LogP contribution >= 0.6 is 11.3 Å². The van der Waals surface area contributed by atoms with Crippen molar-refractivity contribution in [2.24, 2.45) is 5.92 Å². The summed E-state index contributed by atoms with van der Waals surface area (Å²) in [7, 11) is 1.74. The van der Waals surface area contributed by atoms with E-state index in [1.165, 1.54) is 11.3 Å². The zero-order valence-electron chi connectivity index (χ0n) is 12.8. The second kappa shape index (κ2) is 6.87. The first kappa shape index (κ1) is 15.6. The molecule has 1 N–H and O–H groups in total. The van der Waals surface area contributed by atoms with Gasteiger partial charge in [-0.05, 0) is 11.6 Å². The van der Waals surface area contributed by atoms with Gasteiger partial charge in [0.2, 0.25) is 11.8 Å². The summed E-state index contributed by atoms with van der Waals surface area (Å²) in [6.45, 7) is 0.525. The van der Waals surface area contributed by atoms with Gasteiger partial charge in [0.1, 0.15) is 0 Å². The SMILES string of the molecule is CN1C(=O)C[C@H](C(=O)NCCc2cscn2)[C@H]1c1cccnc1. The van der Waals surface area contributed by atoms with Crippen molar-refractivity contribution in [3.63, 3.8) is 0 Å². The largest absolute Gasteiger partial charge is 0.355 e. The number of rotatable bonds is 5. The highest BCUT2D eigenvalue weighted by Gasteiger charge is 2.42. The summed E-state index contributed by atoms with van der Waals surface area (Å²) in [6.07, 6.45) is 4.33. The summed E-state index contributed by atoms with van der Waals surface area (Å²) in [5, 5.41) is 4.90. The Morgan fingerprint density at radius 3 is 3.09 bits per heavy atom. The van der Waals surface area contributed by atoms with Crippen molar-refractivity contribution in [3.05, 3.63) is 46.7 Å². The molecule has 7 heteroatoms. The Morgan fingerprint density at radius 1 is 1.52 bits per heavy atom. The standard InChI is InChI=1S/C16H18N4O2S/c1-20-14(21)7-13(15(20)11-3-2-5-17-8-11)16(22)18-6-4-12-9-23-10-19-12/h2-3,5,8-10,13,15H,4,6-7H2,1H3,(H,18,22)/t13-,15+/m0/s1. The molecule has 1 fully saturated rings. The molecule has 6 nitrogen and oxygen atoms in total. The number of aromatic nitrogens is 2. The minimum absolute atomic E-state index is 0.0153. The molecule has 3 heterocycles. The van der Waals surface area contributed by atoms with Crippen LogP contribution in [0, 0.1) is 5.92 Å². The third kappa shape index (κ3) is 3.39. The molecule has 0 radical (unpaired) electrons. The molecule has 1 saturated heterocycles. The smallest absolute Gasteiger partial charge is 0.226 e. The van der Waals surface area contributed by atoms with Gasteiger partial charge in [-0.3, -0.25) is 14.6 Å². The molecule has 2 amide bonds. The Bertz CT molecular complexity index is 675. The van der Waals surface area contributed by atoms with E-state index in [1.807, 2.05) is 17.5 Å². The quantitative estimate of drug-likeness (QED) is 0.899. The molecule has 0 unspecified atom stereocenters. The van der Waals surface area contributed by atoms with E-state index in [4.69, 9.17) is 0 Å². The first-order valence-corrected chi connectivity index (χ1v) is 8.41. The number of carbonyl (C=O) groups excluding carboxylic acids is 2. The number of hydrogen-bond acceptors (Lipinski definition) is 5. The fraction of sp³-hybridized carbons (Fsp3) is 0.375. The van der Waals surface area contributed by atoms with Gasteiger partial charge in [-0.1, -0.05) is 6.07 Å². The molecule has 3 rings (SSSR count). The average molecular weight is 330 g/mol. The van der Waals surface area contributed by atoms with Crippen LogP contribution in [0.4, 0.5) is 0 Å². The summed E-state index contributed by atoms with van der Waals surface area (Å²) < 4.78 is 0. The number of pyridine rings is 1. The fourth-order valence-corrected chi connectivity index (χ4v) is 3.51. The van der Waals surface area contributed by atoms with Gasteiger partial charge in [0.25, 0.3) is 0 Å². The van der Waals surface area contributed by atoms with Crippen molar-refractivity contribution in [3.8, 4) is 0 Å². The van der Waals surface area contributed by atoms with Crippen LogP contribution in [0.15, 0.2) is 35.4 Å². The van der Waals surface area contributed by atoms with E-state index >= 15 is 0 Å². The molecular weight excluding hydrogens is 312 g/mol. The monoisotopic (exact) mass is 330 g/mol. The Labute approximate surface area is 138 Å². The maximum absolute atomic E-state index is 12.5. The number of carbonyl (C=O) groups is 2. The second-order valence-corrected chi connectivity index (χ2v) is 6.29. The highest BCUT2D eigenvalue weighted by molar-refractivity contribution is 7.07. The Morgan fingerprint density at radius 2 is 2.39 bits per heavy atom. The van der Waals surface area contributed by atoms with E-state index < -0.39 is 0 Å². The number of nitrogens with one attached hydrogen (secondary N) is 1. The molecule has 0 spiro atoms. The lowest BCUT2D eigenvalue weighted by atomic mass is 9.94. The zero-order valence-corrected chi connectivity index (χ0v) is 13.6. The van der Waals surface area contributed by atoms with Crippen LogP contribution in [0.5, 0.6) is 0 Å². The molecule has 1 aliphatic rings. The maximum atomic E-state index is 12.5. The topological polar surface area (TPSA) is 75.2 Å². The number of nitrogens with zero attached hydrogens (tertiary/aromatic N) is 3. The van der Waals surface area contributed by atoms with Crippen LogP contribution in [-0.4, -0.2) is 40.3 Å². The lowest BCUT2D eigenvalue weighted by Crippen LogP contribution is -2.35. The van der Waals surface area contributed by atoms with E-state index in [-0.39, 0.29) is 30.2 Å². The van der Waals surface area contributed by atoms with Crippen molar-refractivity contribution in [2.75, 3.05) is 13.6 Å². The van der Waals surface area contributed by atoms with E-state index in [1.54, 1.807) is 29.9 Å². The van der Waals surface area contributed by atoms with Crippen LogP contribution in [0.2, 0.25) is 0 Å². The van der Waals surface area contributed by atoms with Crippen LogP contribution in [0.25, 0.3) is 0 Å². The van der Waals surface area contributed by atoms with Gasteiger partial charge in [-0.25, -0.2) is 4.98 Å². The summed E-state index contributed by atoms with van der Waals surface area (Å²) >= 11 is 1.54. The Hall–Kier alpha value is -2.28. The summed E-state index contributed by atoms with van der Waals surface area (Å²) in [4.78, 5) is 34.5. The fourth-order valence-electron chi connectivity index (χ4n) is 2.92. The van der Waals surface area contributed by atoms with E-state index in [2.05, 4.69) is 15.3 Å². The van der Waals surface area contributed by atoms with Gasteiger partial charge in [0.15, 0.2) is 0 Å². The molecule has 0 bridgehead atoms. The molecule has 0 aliphatic carbocycles. The molecule has 0 saturated carbocycles. The van der Waals surface area contributed by atoms with Gasteiger partial charge in [0.05, 0.1) is 23.2 Å². The molecular formula is C16H18N4O2S. The van der Waals surface area contributed by atoms with E-state index in [0.717, 1.165) is 11.3 Å². The first-order valence-electron chi connectivity index (χ1n) is 7.47. The van der Waals surface area contributed by atoms with E-state index in [0.29, 0.717) is 13.0 Å². The Balaban J connectivity index is 1.66. The van der Waals surface area contributed by atoms with Gasteiger partial charge in [-0.2, -0.15) is 0 Å². The summed E-state index contributed by atoms with van der Waals surface area (Å²) in [5.41, 5.74) is 3.64. The molecule has 0 aromatic carbocycles. The predicted molar refractivity (Wildman–Crippen MR) is 86.7 cm³/mol. The maximum Gasteiger partial charge on any atom is 0.226 e. The normalized spacial score (nSPS) is 20.7. The molecule has 23 heavy (non-hydrogen) atoms. The van der Waals surface area contributed by atoms with Crippen molar-refractivity contribution < 1.29 is 9.59 Å². The Kier molecular flexibility index (Phi) is 4.66. The third-order valence-corrected chi connectivity index (χ3v) is 4.75. The molecule has 2 atom stereocenters. The first-order chi connectivity index (χ1) is 11.2. The number of hydrogen-bond donors (Lipinski definition) is 1. The van der Waals surface area contributed by atoms with Crippen molar-refractivity contribution >= 4 is 23.2 Å². The highest BCUT2D eigenvalue weighted by Crippen LogP contribution is 2.36. The average Bonchev–Trinajstić information content (AvgIpc) is 3.17. The van der Waals surface area contributed by atoms with Crippen molar-refractivity contribution in [1.82, 2.24) is 20.2 Å². The van der Waals surface area contributed by atoms with Crippen molar-refractivity contribution in [2.45, 2.75) is 18.9 Å². The number of likely N-dealkylation sites (tertiary alicyclic amines) is 1. The number of amides is 2. The summed E-state index contributed by atoms with van der Waals surface area (Å²) in [5.74, 6) is -0.488. The second-order valence-electron chi connectivity index (χ2n) is 5.57. The predicted octanol–water partition coefficient (Wildman–Crippen LogP) is 1.42. The number of thiazole rings is 1. The van der Waals surface area contributed by atoms with Crippen LogP contribution < -0.4 is 5.32 Å². The third-order valence-electron chi connectivity index (χ3n) is 4.11. The zero-order chi connectivity index (χ0) is 16.2. The highest BCUT2D eigenvalue weighted by atomic mass is 32.1. The lowest BCUT2D eigenvalue weighted by Gasteiger charge is -2.24. The minimum atomic E-state index is -0.382. The molecule has 2 aromatic rings. The van der Waals surface area contributed by atoms with Gasteiger partial charge < -0.3 is 10.2 Å². The molecule has 2 aromatic heterocycles. The van der Waals surface area contributed by atoms with Gasteiger partial charge >= 0.3 is 0 Å². The van der Waals surface area contributed by atoms with Gasteiger partial charge in [0, 0.05) is 44.2 Å². The van der Waals surface area contributed by atoms with Crippen LogP contribution in [0.1, 0.15) is 23.7 Å². The van der Waals surface area contributed by atoms with Crippen LogP contribution in [-0.2, 0) is 16.0 Å². The van der Waals surface area contributed by atoms with E-state index in [9.17, 15) is 9.59 Å². The van der Waals surface area contributed by atoms with Crippen molar-refractivity contribution in [1.29, 1.82) is 0 Å². The minimum Gasteiger partial charge on any atom is -0.355 e. The molecule has 120 valence electrons. The van der Waals surface area contributed by atoms with Crippen LogP contribution in [0.3, 0.4) is 0 Å². The summed E-state index contributed by atoms with van der Waals surface area (Å²) in [6, 6.07) is 3.47.